The van der Waals surface area contributed by atoms with Crippen LogP contribution in [0.4, 0.5) is 0 Å². The van der Waals surface area contributed by atoms with Crippen LogP contribution in [-0.4, -0.2) is 18.9 Å². The molecular weight excluding hydrogens is 186 g/mol. The van der Waals surface area contributed by atoms with Crippen molar-refractivity contribution in [3.8, 4) is 0 Å². The molecule has 0 amide bonds. The molecule has 2 heteroatoms. The number of carbonyl (C=O) groups excluding carboxylic acids is 1. The van der Waals surface area contributed by atoms with Gasteiger partial charge in [0.1, 0.15) is 5.78 Å². The Kier molecular flexibility index (Phi) is 5.92. The lowest BCUT2D eigenvalue weighted by Gasteiger charge is -2.22. The standard InChI is InChI=1S/C13H25NO/c1-3-4-11(2)9-13(15)10-12-5-7-14-8-6-12/h11-12,14H,3-10H2,1-2H3. The third-order valence-corrected chi connectivity index (χ3v) is 3.33. The second-order valence-electron chi connectivity index (χ2n) is 5.03. The SMILES string of the molecule is CCCC(C)CC(=O)CC1CCNCC1. The highest BCUT2D eigenvalue weighted by Gasteiger charge is 2.17. The van der Waals surface area contributed by atoms with E-state index in [1.165, 1.54) is 25.7 Å². The normalized spacial score (nSPS) is 20.1. The van der Waals surface area contributed by atoms with E-state index in [0.717, 1.165) is 25.9 Å². The number of Topliss-reactive ketones (excluding diaryl/α,β-unsaturated/α-hetero) is 1. The smallest absolute Gasteiger partial charge is 0.133 e. The van der Waals surface area contributed by atoms with Crippen molar-refractivity contribution in [1.29, 1.82) is 0 Å². The molecule has 1 atom stereocenters. The Hall–Kier alpha value is -0.370. The van der Waals surface area contributed by atoms with Gasteiger partial charge in [-0.2, -0.15) is 0 Å². The average Bonchev–Trinajstić information content (AvgIpc) is 2.19. The Bertz CT molecular complexity index is 185. The molecule has 0 aromatic rings. The van der Waals surface area contributed by atoms with Crippen LogP contribution in [0.25, 0.3) is 0 Å². The van der Waals surface area contributed by atoms with Crippen LogP contribution in [0, 0.1) is 11.8 Å². The summed E-state index contributed by atoms with van der Waals surface area (Å²) in [5.74, 6) is 1.74. The maximum absolute atomic E-state index is 11.8. The second-order valence-corrected chi connectivity index (χ2v) is 5.03. The minimum absolute atomic E-state index is 0.489. The van der Waals surface area contributed by atoms with Crippen molar-refractivity contribution in [3.63, 3.8) is 0 Å². The van der Waals surface area contributed by atoms with Crippen molar-refractivity contribution < 1.29 is 4.79 Å². The number of nitrogens with one attached hydrogen (secondary N) is 1. The molecule has 1 heterocycles. The molecule has 1 saturated heterocycles. The van der Waals surface area contributed by atoms with E-state index in [1.807, 2.05) is 0 Å². The van der Waals surface area contributed by atoms with Crippen LogP contribution in [-0.2, 0) is 4.79 Å². The highest BCUT2D eigenvalue weighted by Crippen LogP contribution is 2.19. The maximum atomic E-state index is 11.8. The van der Waals surface area contributed by atoms with Gasteiger partial charge in [-0.15, -0.1) is 0 Å². The number of piperidine rings is 1. The van der Waals surface area contributed by atoms with Crippen molar-refractivity contribution in [2.45, 2.75) is 52.4 Å². The van der Waals surface area contributed by atoms with Crippen molar-refractivity contribution in [3.05, 3.63) is 0 Å². The molecule has 0 spiro atoms. The maximum Gasteiger partial charge on any atom is 0.133 e. The van der Waals surface area contributed by atoms with Gasteiger partial charge in [-0.1, -0.05) is 26.7 Å². The minimum Gasteiger partial charge on any atom is -0.317 e. The van der Waals surface area contributed by atoms with E-state index < -0.39 is 0 Å². The fourth-order valence-corrected chi connectivity index (χ4v) is 2.47. The number of hydrogen-bond donors (Lipinski definition) is 1. The fourth-order valence-electron chi connectivity index (χ4n) is 2.47. The van der Waals surface area contributed by atoms with E-state index in [2.05, 4.69) is 19.2 Å². The van der Waals surface area contributed by atoms with Crippen LogP contribution in [0.3, 0.4) is 0 Å². The third-order valence-electron chi connectivity index (χ3n) is 3.33. The molecule has 1 rings (SSSR count). The molecule has 88 valence electrons. The molecule has 0 aliphatic carbocycles. The first-order chi connectivity index (χ1) is 7.22. The van der Waals surface area contributed by atoms with Gasteiger partial charge in [0.25, 0.3) is 0 Å². The van der Waals surface area contributed by atoms with Gasteiger partial charge in [0.05, 0.1) is 0 Å². The van der Waals surface area contributed by atoms with Gasteiger partial charge < -0.3 is 5.32 Å². The minimum atomic E-state index is 0.489. The van der Waals surface area contributed by atoms with Gasteiger partial charge in [0.15, 0.2) is 0 Å². The zero-order chi connectivity index (χ0) is 11.1. The van der Waals surface area contributed by atoms with E-state index in [-0.39, 0.29) is 0 Å². The van der Waals surface area contributed by atoms with Crippen molar-refractivity contribution in [2.75, 3.05) is 13.1 Å². The molecule has 0 bridgehead atoms. The van der Waals surface area contributed by atoms with E-state index in [1.54, 1.807) is 0 Å². The molecule has 0 radical (unpaired) electrons. The summed E-state index contributed by atoms with van der Waals surface area (Å²) in [7, 11) is 0. The summed E-state index contributed by atoms with van der Waals surface area (Å²) in [5, 5.41) is 3.34. The predicted octanol–water partition coefficient (Wildman–Crippen LogP) is 2.77. The van der Waals surface area contributed by atoms with Crippen molar-refractivity contribution in [2.24, 2.45) is 11.8 Å². The molecule has 1 N–H and O–H groups in total. The number of hydrogen-bond acceptors (Lipinski definition) is 2. The Labute approximate surface area is 93.8 Å². The molecule has 0 aromatic carbocycles. The lowest BCUT2D eigenvalue weighted by Crippen LogP contribution is -2.29. The largest absolute Gasteiger partial charge is 0.317 e. The van der Waals surface area contributed by atoms with Crippen LogP contribution in [0.15, 0.2) is 0 Å². The molecule has 15 heavy (non-hydrogen) atoms. The molecule has 2 nitrogen and oxygen atoms in total. The highest BCUT2D eigenvalue weighted by molar-refractivity contribution is 5.78. The Morgan fingerprint density at radius 1 is 1.40 bits per heavy atom. The van der Waals surface area contributed by atoms with Crippen LogP contribution >= 0.6 is 0 Å². The summed E-state index contributed by atoms with van der Waals surface area (Å²) in [4.78, 5) is 11.8. The summed E-state index contributed by atoms with van der Waals surface area (Å²) in [6, 6.07) is 0. The molecule has 1 aliphatic heterocycles. The van der Waals surface area contributed by atoms with E-state index in [0.29, 0.717) is 17.6 Å². The predicted molar refractivity (Wildman–Crippen MR) is 63.9 cm³/mol. The fraction of sp³-hybridized carbons (Fsp3) is 0.923. The Balaban J connectivity index is 2.16. The van der Waals surface area contributed by atoms with Crippen molar-refractivity contribution >= 4 is 5.78 Å². The number of rotatable bonds is 6. The lowest BCUT2D eigenvalue weighted by atomic mass is 9.89. The lowest BCUT2D eigenvalue weighted by molar-refractivity contribution is -0.121. The monoisotopic (exact) mass is 211 g/mol. The summed E-state index contributed by atoms with van der Waals surface area (Å²) in [6.07, 6.45) is 6.40. The van der Waals surface area contributed by atoms with Crippen LogP contribution in [0.1, 0.15) is 52.4 Å². The quantitative estimate of drug-likeness (QED) is 0.732. The summed E-state index contributed by atoms with van der Waals surface area (Å²) >= 11 is 0. The molecular formula is C13H25NO. The first-order valence-corrected chi connectivity index (χ1v) is 6.44. The van der Waals surface area contributed by atoms with Crippen LogP contribution in [0.2, 0.25) is 0 Å². The molecule has 1 aliphatic rings. The summed E-state index contributed by atoms with van der Waals surface area (Å²) in [6.45, 7) is 6.59. The van der Waals surface area contributed by atoms with Crippen molar-refractivity contribution in [1.82, 2.24) is 5.32 Å². The van der Waals surface area contributed by atoms with E-state index >= 15 is 0 Å². The third kappa shape index (κ3) is 5.31. The zero-order valence-corrected chi connectivity index (χ0v) is 10.2. The number of ketones is 1. The molecule has 1 fully saturated rings. The summed E-state index contributed by atoms with van der Waals surface area (Å²) < 4.78 is 0. The Morgan fingerprint density at radius 2 is 2.07 bits per heavy atom. The molecule has 1 unspecified atom stereocenters. The summed E-state index contributed by atoms with van der Waals surface area (Å²) in [5.41, 5.74) is 0. The van der Waals surface area contributed by atoms with Gasteiger partial charge in [-0.05, 0) is 37.8 Å². The van der Waals surface area contributed by atoms with Gasteiger partial charge in [0, 0.05) is 12.8 Å². The first-order valence-electron chi connectivity index (χ1n) is 6.44. The topological polar surface area (TPSA) is 29.1 Å². The zero-order valence-electron chi connectivity index (χ0n) is 10.2. The van der Waals surface area contributed by atoms with Gasteiger partial charge >= 0.3 is 0 Å². The first kappa shape index (κ1) is 12.7. The van der Waals surface area contributed by atoms with E-state index in [4.69, 9.17) is 0 Å². The number of carbonyl (C=O) groups is 1. The highest BCUT2D eigenvalue weighted by atomic mass is 16.1. The van der Waals surface area contributed by atoms with Crippen LogP contribution < -0.4 is 5.32 Å². The Morgan fingerprint density at radius 3 is 2.67 bits per heavy atom. The molecule has 0 aromatic heterocycles. The second kappa shape index (κ2) is 7.00. The van der Waals surface area contributed by atoms with E-state index in [9.17, 15) is 4.79 Å². The van der Waals surface area contributed by atoms with Crippen LogP contribution in [0.5, 0.6) is 0 Å². The van der Waals surface area contributed by atoms with Gasteiger partial charge in [0.2, 0.25) is 0 Å². The van der Waals surface area contributed by atoms with Gasteiger partial charge in [-0.3, -0.25) is 4.79 Å². The van der Waals surface area contributed by atoms with Gasteiger partial charge in [-0.25, -0.2) is 0 Å². The molecule has 0 saturated carbocycles. The average molecular weight is 211 g/mol.